The van der Waals surface area contributed by atoms with Gasteiger partial charge in [-0.3, -0.25) is 14.4 Å². The first kappa shape index (κ1) is 16.9. The summed E-state index contributed by atoms with van der Waals surface area (Å²) in [5.74, 6) is -0.947. The molecule has 3 nitrogen and oxygen atoms in total. The van der Waals surface area contributed by atoms with Crippen molar-refractivity contribution in [1.82, 2.24) is 0 Å². The van der Waals surface area contributed by atoms with Crippen LogP contribution in [0.4, 0.5) is 0 Å². The van der Waals surface area contributed by atoms with Gasteiger partial charge >= 0.3 is 0 Å². The van der Waals surface area contributed by atoms with Crippen LogP contribution in [-0.4, -0.2) is 17.3 Å². The summed E-state index contributed by atoms with van der Waals surface area (Å²) >= 11 is 0. The number of carbonyl (C=O) groups excluding carboxylic acids is 3. The lowest BCUT2D eigenvalue weighted by Gasteiger charge is -2.52. The largest absolute Gasteiger partial charge is 0.299 e. The second-order valence-electron chi connectivity index (χ2n) is 7.81. The van der Waals surface area contributed by atoms with Crippen molar-refractivity contribution in [2.75, 3.05) is 0 Å². The third kappa shape index (κ3) is 2.54. The molecule has 0 aliphatic heterocycles. The highest BCUT2D eigenvalue weighted by atomic mass is 16.1. The molecule has 2 aromatic rings. The Morgan fingerprint density at radius 2 is 1.42 bits per heavy atom. The van der Waals surface area contributed by atoms with Crippen LogP contribution in [0.1, 0.15) is 46.9 Å². The molecule has 3 aliphatic rings. The third-order valence-corrected chi connectivity index (χ3v) is 6.37. The minimum atomic E-state index is -0.739. The maximum Gasteiger partial charge on any atom is 0.167 e. The summed E-state index contributed by atoms with van der Waals surface area (Å²) in [6.07, 6.45) is 1.95. The Hall–Kier alpha value is -2.55. The number of carbonyl (C=O) groups is 3. The van der Waals surface area contributed by atoms with Gasteiger partial charge in [-0.15, -0.1) is 0 Å². The van der Waals surface area contributed by atoms with Crippen LogP contribution in [-0.2, 0) is 4.79 Å². The van der Waals surface area contributed by atoms with Crippen molar-refractivity contribution in [3.05, 3.63) is 71.8 Å². The minimum absolute atomic E-state index is 0.00306. The molecule has 0 unspecified atom stereocenters. The van der Waals surface area contributed by atoms with E-state index in [1.54, 1.807) is 24.3 Å². The van der Waals surface area contributed by atoms with Crippen molar-refractivity contribution in [2.45, 2.75) is 26.2 Å². The molecule has 26 heavy (non-hydrogen) atoms. The highest BCUT2D eigenvalue weighted by molar-refractivity contribution is 6.09. The SMILES string of the molecule is C[C@]12CC[C@H](CC1=O)[C@H](C(=O)c1ccccc1)[C@H]2C(=O)c1ccccc1. The summed E-state index contributed by atoms with van der Waals surface area (Å²) in [7, 11) is 0. The predicted molar refractivity (Wildman–Crippen MR) is 99.0 cm³/mol. The molecule has 2 bridgehead atoms. The standard InChI is InChI=1S/C23H22O3/c1-23-13-12-17(14-18(23)24)19(21(25)15-8-4-2-5-9-15)20(23)22(26)16-10-6-3-7-11-16/h2-11,17,19-20H,12-14H2,1H3/t17-,19+,20+,23+/m1/s1. The molecule has 4 atom stereocenters. The average Bonchev–Trinajstić information content (AvgIpc) is 2.68. The zero-order chi connectivity index (χ0) is 18.3. The van der Waals surface area contributed by atoms with E-state index < -0.39 is 17.3 Å². The first-order valence-electron chi connectivity index (χ1n) is 9.24. The van der Waals surface area contributed by atoms with Gasteiger partial charge in [0.2, 0.25) is 0 Å². The maximum absolute atomic E-state index is 13.4. The smallest absolute Gasteiger partial charge is 0.167 e. The van der Waals surface area contributed by atoms with Gasteiger partial charge in [0.15, 0.2) is 11.6 Å². The molecule has 0 aromatic heterocycles. The Morgan fingerprint density at radius 1 is 0.885 bits per heavy atom. The van der Waals surface area contributed by atoms with Gasteiger partial charge in [-0.2, -0.15) is 0 Å². The molecule has 3 fully saturated rings. The Labute approximate surface area is 153 Å². The van der Waals surface area contributed by atoms with E-state index in [1.807, 2.05) is 43.3 Å². The van der Waals surface area contributed by atoms with Crippen molar-refractivity contribution >= 4 is 17.3 Å². The second kappa shape index (κ2) is 6.31. The van der Waals surface area contributed by atoms with E-state index in [9.17, 15) is 14.4 Å². The number of fused-ring (bicyclic) bond motifs is 3. The Kier molecular flexibility index (Phi) is 4.10. The summed E-state index contributed by atoms with van der Waals surface area (Å²) in [6, 6.07) is 18.2. The van der Waals surface area contributed by atoms with E-state index in [0.717, 1.165) is 6.42 Å². The first-order chi connectivity index (χ1) is 12.5. The lowest BCUT2D eigenvalue weighted by Crippen LogP contribution is -2.57. The number of benzene rings is 2. The van der Waals surface area contributed by atoms with E-state index in [2.05, 4.69) is 0 Å². The highest BCUT2D eigenvalue weighted by Crippen LogP contribution is 2.56. The summed E-state index contributed by atoms with van der Waals surface area (Å²) in [5.41, 5.74) is 0.480. The quantitative estimate of drug-likeness (QED) is 0.772. The fraction of sp³-hybridized carbons (Fsp3) is 0.348. The molecular formula is C23H22O3. The van der Waals surface area contributed by atoms with Gasteiger partial charge in [0, 0.05) is 34.8 Å². The van der Waals surface area contributed by atoms with Crippen molar-refractivity contribution < 1.29 is 14.4 Å². The van der Waals surface area contributed by atoms with Gasteiger partial charge in [0.25, 0.3) is 0 Å². The molecule has 2 aromatic carbocycles. The molecule has 0 N–H and O–H groups in total. The molecule has 0 saturated heterocycles. The van der Waals surface area contributed by atoms with E-state index >= 15 is 0 Å². The van der Waals surface area contributed by atoms with Crippen LogP contribution in [0.15, 0.2) is 60.7 Å². The van der Waals surface area contributed by atoms with Crippen molar-refractivity contribution in [2.24, 2.45) is 23.2 Å². The molecular weight excluding hydrogens is 324 g/mol. The zero-order valence-corrected chi connectivity index (χ0v) is 14.9. The number of Topliss-reactive ketones (excluding diaryl/α,β-unsaturated/α-hetero) is 3. The number of hydrogen-bond donors (Lipinski definition) is 0. The molecule has 5 rings (SSSR count). The molecule has 0 spiro atoms. The fourth-order valence-electron chi connectivity index (χ4n) is 4.90. The summed E-state index contributed by atoms with van der Waals surface area (Å²) in [5, 5.41) is 0. The predicted octanol–water partition coefficient (Wildman–Crippen LogP) is 4.37. The average molecular weight is 346 g/mol. The van der Waals surface area contributed by atoms with E-state index in [0.29, 0.717) is 24.0 Å². The Balaban J connectivity index is 1.79. The van der Waals surface area contributed by atoms with Crippen LogP contribution < -0.4 is 0 Å². The fourth-order valence-corrected chi connectivity index (χ4v) is 4.90. The monoisotopic (exact) mass is 346 g/mol. The van der Waals surface area contributed by atoms with E-state index in [1.165, 1.54) is 0 Å². The van der Waals surface area contributed by atoms with Crippen LogP contribution in [0.3, 0.4) is 0 Å². The molecule has 132 valence electrons. The molecule has 0 heterocycles. The highest BCUT2D eigenvalue weighted by Gasteiger charge is 2.60. The van der Waals surface area contributed by atoms with E-state index in [-0.39, 0.29) is 23.3 Å². The van der Waals surface area contributed by atoms with Crippen molar-refractivity contribution in [3.8, 4) is 0 Å². The Morgan fingerprint density at radius 3 is 1.96 bits per heavy atom. The van der Waals surface area contributed by atoms with Gasteiger partial charge in [-0.1, -0.05) is 67.6 Å². The third-order valence-electron chi connectivity index (χ3n) is 6.37. The maximum atomic E-state index is 13.4. The van der Waals surface area contributed by atoms with Gasteiger partial charge in [0.1, 0.15) is 5.78 Å². The van der Waals surface area contributed by atoms with Crippen LogP contribution >= 0.6 is 0 Å². The lowest BCUT2D eigenvalue weighted by molar-refractivity contribution is -0.143. The van der Waals surface area contributed by atoms with Crippen molar-refractivity contribution in [1.29, 1.82) is 0 Å². The summed E-state index contributed by atoms with van der Waals surface area (Å²) in [4.78, 5) is 39.5. The van der Waals surface area contributed by atoms with E-state index in [4.69, 9.17) is 0 Å². The summed E-state index contributed by atoms with van der Waals surface area (Å²) in [6.45, 7) is 1.89. The number of rotatable bonds is 4. The van der Waals surface area contributed by atoms with Crippen LogP contribution in [0.5, 0.6) is 0 Å². The number of ketones is 3. The molecule has 3 heteroatoms. The Bertz CT molecular complexity index is 856. The topological polar surface area (TPSA) is 51.2 Å². The normalized spacial score (nSPS) is 30.2. The number of hydrogen-bond acceptors (Lipinski definition) is 3. The van der Waals surface area contributed by atoms with Crippen LogP contribution in [0.2, 0.25) is 0 Å². The van der Waals surface area contributed by atoms with Gasteiger partial charge < -0.3 is 0 Å². The molecule has 0 amide bonds. The minimum Gasteiger partial charge on any atom is -0.299 e. The first-order valence-corrected chi connectivity index (χ1v) is 9.24. The van der Waals surface area contributed by atoms with Crippen molar-refractivity contribution in [3.63, 3.8) is 0 Å². The second-order valence-corrected chi connectivity index (χ2v) is 7.81. The van der Waals surface area contributed by atoms with Gasteiger partial charge in [-0.05, 0) is 18.8 Å². The van der Waals surface area contributed by atoms with Gasteiger partial charge in [0.05, 0.1) is 0 Å². The summed E-state index contributed by atoms with van der Waals surface area (Å²) < 4.78 is 0. The van der Waals surface area contributed by atoms with Crippen LogP contribution in [0.25, 0.3) is 0 Å². The van der Waals surface area contributed by atoms with Gasteiger partial charge in [-0.25, -0.2) is 0 Å². The van der Waals surface area contributed by atoms with Crippen LogP contribution in [0, 0.1) is 23.2 Å². The molecule has 0 radical (unpaired) electrons. The lowest BCUT2D eigenvalue weighted by atomic mass is 9.48. The zero-order valence-electron chi connectivity index (χ0n) is 14.9. The molecule has 3 aliphatic carbocycles. The molecule has 3 saturated carbocycles.